The molecule has 0 spiro atoms. The number of hydrogen-bond donors (Lipinski definition) is 2. The molecule has 33 heavy (non-hydrogen) atoms. The second kappa shape index (κ2) is 12.6. The Morgan fingerprint density at radius 1 is 0.636 bits per heavy atom. The molecule has 2 aromatic carbocycles. The van der Waals surface area contributed by atoms with Gasteiger partial charge in [0.05, 0.1) is 23.1 Å². The maximum atomic E-state index is 11.1. The van der Waals surface area contributed by atoms with Crippen molar-refractivity contribution in [3.05, 3.63) is 70.8 Å². The maximum Gasteiger partial charge on any atom is 2.00 e. The molecule has 0 aromatic heterocycles. The van der Waals surface area contributed by atoms with Crippen LogP contribution in [0.25, 0.3) is 0 Å². The maximum absolute atomic E-state index is 11.1. The van der Waals surface area contributed by atoms with Gasteiger partial charge in [0.25, 0.3) is 0 Å². The summed E-state index contributed by atoms with van der Waals surface area (Å²) in [6.45, 7) is 0. The molecule has 0 bridgehead atoms. The standard InChI is InChI=1S/2C8H6O7S.Ca/c2*9-7(10)5-2-1-3-6(4-5)8(11)15-16(12,13)14;/h2*1-4H,(H,9,10)(H,12,13,14);/q;;+2/p-2. The van der Waals surface area contributed by atoms with E-state index in [-0.39, 0.29) is 60.0 Å². The van der Waals surface area contributed by atoms with Gasteiger partial charge < -0.3 is 28.2 Å². The van der Waals surface area contributed by atoms with E-state index in [1.165, 1.54) is 12.1 Å². The third-order valence-corrected chi connectivity index (χ3v) is 3.75. The molecular weight excluding hydrogens is 520 g/mol. The molecule has 0 saturated heterocycles. The van der Waals surface area contributed by atoms with Crippen molar-refractivity contribution in [3.8, 4) is 0 Å². The Morgan fingerprint density at radius 3 is 1.15 bits per heavy atom. The van der Waals surface area contributed by atoms with E-state index in [1.807, 2.05) is 0 Å². The minimum absolute atomic E-state index is 0. The molecule has 0 fully saturated rings. The Bertz CT molecular complexity index is 1170. The number of carbonyl (C=O) groups is 4. The first kappa shape index (κ1) is 30.4. The molecule has 2 aromatic rings. The van der Waals surface area contributed by atoms with Crippen LogP contribution in [0.1, 0.15) is 41.4 Å². The zero-order valence-corrected chi connectivity index (χ0v) is 19.8. The predicted octanol–water partition coefficient (Wildman–Crippen LogP) is -2.36. The fraction of sp³-hybridized carbons (Fsp3) is 0. The van der Waals surface area contributed by atoms with Gasteiger partial charge in [-0.05, 0) is 35.4 Å². The summed E-state index contributed by atoms with van der Waals surface area (Å²) >= 11 is 0. The first-order valence-corrected chi connectivity index (χ1v) is 10.4. The quantitative estimate of drug-likeness (QED) is 0.293. The van der Waals surface area contributed by atoms with Crippen molar-refractivity contribution < 1.29 is 63.7 Å². The molecule has 0 amide bonds. The first-order chi connectivity index (χ1) is 14.6. The zero-order chi connectivity index (χ0) is 24.7. The van der Waals surface area contributed by atoms with E-state index in [9.17, 15) is 46.2 Å². The molecule has 17 heteroatoms. The van der Waals surface area contributed by atoms with Crippen molar-refractivity contribution in [2.45, 2.75) is 0 Å². The second-order valence-electron chi connectivity index (χ2n) is 5.33. The SMILES string of the molecule is O=C([O-])c1cccc(C(=O)OS(=O)(=O)O)c1.O=C([O-])c1cccc(C(=O)OS(=O)(=O)O)c1.[Ca+2]. The van der Waals surface area contributed by atoms with Crippen LogP contribution in [-0.2, 0) is 29.2 Å². The Labute approximate surface area is 215 Å². The minimum Gasteiger partial charge on any atom is -0.545 e. The van der Waals surface area contributed by atoms with Gasteiger partial charge in [-0.2, -0.15) is 16.8 Å². The van der Waals surface area contributed by atoms with Gasteiger partial charge in [-0.1, -0.05) is 24.3 Å². The summed E-state index contributed by atoms with van der Waals surface area (Å²) in [5, 5.41) is 20.9. The van der Waals surface area contributed by atoms with Gasteiger partial charge in [0.2, 0.25) is 0 Å². The summed E-state index contributed by atoms with van der Waals surface area (Å²) in [5.41, 5.74) is -1.30. The Balaban J connectivity index is 0.000000602. The predicted molar refractivity (Wildman–Crippen MR) is 101 cm³/mol. The number of carboxylic acid groups (broad SMARTS) is 2. The fourth-order valence-electron chi connectivity index (χ4n) is 1.83. The van der Waals surface area contributed by atoms with Gasteiger partial charge in [-0.15, -0.1) is 0 Å². The molecule has 0 heterocycles. The van der Waals surface area contributed by atoms with Crippen LogP contribution in [0.2, 0.25) is 0 Å². The smallest absolute Gasteiger partial charge is 0.545 e. The van der Waals surface area contributed by atoms with E-state index < -0.39 is 44.7 Å². The van der Waals surface area contributed by atoms with Gasteiger partial charge >= 0.3 is 70.5 Å². The van der Waals surface area contributed by atoms with Crippen molar-refractivity contribution >= 4 is 82.4 Å². The van der Waals surface area contributed by atoms with Crippen LogP contribution in [0.5, 0.6) is 0 Å². The van der Waals surface area contributed by atoms with Crippen LogP contribution >= 0.6 is 0 Å². The average molecular weight is 530 g/mol. The molecule has 0 aliphatic rings. The topological polar surface area (TPSA) is 242 Å². The fourth-order valence-corrected chi connectivity index (χ4v) is 2.41. The number of benzene rings is 2. The molecule has 0 aliphatic heterocycles. The molecule has 2 rings (SSSR count). The molecule has 2 N–H and O–H groups in total. The van der Waals surface area contributed by atoms with Gasteiger partial charge in [0.15, 0.2) is 0 Å². The summed E-state index contributed by atoms with van der Waals surface area (Å²) in [7, 11) is -9.83. The van der Waals surface area contributed by atoms with Gasteiger partial charge in [-0.3, -0.25) is 9.11 Å². The summed E-state index contributed by atoms with van der Waals surface area (Å²) in [6, 6.07) is 8.68. The van der Waals surface area contributed by atoms with Crippen LogP contribution in [-0.4, -0.2) is 87.6 Å². The third-order valence-electron chi connectivity index (χ3n) is 3.03. The van der Waals surface area contributed by atoms with Crippen molar-refractivity contribution in [3.63, 3.8) is 0 Å². The third kappa shape index (κ3) is 11.7. The van der Waals surface area contributed by atoms with Crippen molar-refractivity contribution in [1.82, 2.24) is 0 Å². The molecule has 0 aliphatic carbocycles. The van der Waals surface area contributed by atoms with Gasteiger partial charge in [0.1, 0.15) is 0 Å². The average Bonchev–Trinajstić information content (AvgIpc) is 2.66. The molecule has 0 atom stereocenters. The normalized spacial score (nSPS) is 10.5. The molecule has 14 nitrogen and oxygen atoms in total. The number of hydrogen-bond acceptors (Lipinski definition) is 12. The minimum atomic E-state index is -4.92. The molecule has 172 valence electrons. The molecule has 0 radical (unpaired) electrons. The zero-order valence-electron chi connectivity index (χ0n) is 15.9. The molecule has 0 saturated carbocycles. The number of aromatic carboxylic acids is 2. The van der Waals surface area contributed by atoms with Crippen LogP contribution in [0.4, 0.5) is 0 Å². The van der Waals surface area contributed by atoms with Crippen LogP contribution in [0, 0.1) is 0 Å². The summed E-state index contributed by atoms with van der Waals surface area (Å²) in [4.78, 5) is 43.0. The van der Waals surface area contributed by atoms with Crippen LogP contribution in [0.15, 0.2) is 48.5 Å². The monoisotopic (exact) mass is 530 g/mol. The van der Waals surface area contributed by atoms with E-state index in [0.29, 0.717) is 0 Å². The van der Waals surface area contributed by atoms with Crippen molar-refractivity contribution in [1.29, 1.82) is 0 Å². The summed E-state index contributed by atoms with van der Waals surface area (Å²) in [5.74, 6) is -5.82. The van der Waals surface area contributed by atoms with E-state index in [4.69, 9.17) is 9.11 Å². The van der Waals surface area contributed by atoms with E-state index in [0.717, 1.165) is 36.4 Å². The summed E-state index contributed by atoms with van der Waals surface area (Å²) in [6.07, 6.45) is 0. The van der Waals surface area contributed by atoms with Crippen molar-refractivity contribution in [2.24, 2.45) is 0 Å². The Kier molecular flexibility index (Phi) is 11.6. The largest absolute Gasteiger partial charge is 2.00 e. The second-order valence-corrected chi connectivity index (χ2v) is 7.38. The Morgan fingerprint density at radius 2 is 0.909 bits per heavy atom. The van der Waals surface area contributed by atoms with Gasteiger partial charge in [0, 0.05) is 0 Å². The number of carbonyl (C=O) groups excluding carboxylic acids is 4. The molecule has 0 unspecified atom stereocenters. The first-order valence-electron chi connectivity index (χ1n) is 7.64. The molecular formula is C16H10CaO14S2. The van der Waals surface area contributed by atoms with Crippen LogP contribution in [0.3, 0.4) is 0 Å². The Hall–Kier alpha value is -2.60. The van der Waals surface area contributed by atoms with Gasteiger partial charge in [-0.25, -0.2) is 9.59 Å². The number of carboxylic acids is 2. The van der Waals surface area contributed by atoms with E-state index >= 15 is 0 Å². The van der Waals surface area contributed by atoms with E-state index in [1.54, 1.807) is 0 Å². The number of rotatable bonds is 6. The van der Waals surface area contributed by atoms with E-state index in [2.05, 4.69) is 8.37 Å². The summed E-state index contributed by atoms with van der Waals surface area (Å²) < 4.78 is 64.6. The van der Waals surface area contributed by atoms with Crippen molar-refractivity contribution in [2.75, 3.05) is 0 Å². The van der Waals surface area contributed by atoms with Crippen LogP contribution < -0.4 is 10.2 Å².